The van der Waals surface area contributed by atoms with Gasteiger partial charge >= 0.3 is 0 Å². The number of rotatable bonds is 2. The number of fused-ring (bicyclic) bond motifs is 7. The molecule has 44 heavy (non-hydrogen) atoms. The highest BCUT2D eigenvalue weighted by molar-refractivity contribution is 6.98. The van der Waals surface area contributed by atoms with Gasteiger partial charge < -0.3 is 9.47 Å². The molecule has 0 spiro atoms. The molecule has 0 atom stereocenters. The Balaban J connectivity index is 1.37. The summed E-state index contributed by atoms with van der Waals surface area (Å²) < 4.78 is 2.46. The van der Waals surface area contributed by atoms with Crippen molar-refractivity contribution in [1.82, 2.24) is 4.57 Å². The van der Waals surface area contributed by atoms with Crippen molar-refractivity contribution in [2.24, 2.45) is 0 Å². The summed E-state index contributed by atoms with van der Waals surface area (Å²) in [5.41, 5.74) is 16.8. The zero-order chi connectivity index (χ0) is 29.7. The summed E-state index contributed by atoms with van der Waals surface area (Å²) in [4.78, 5) is 2.54. The normalized spacial score (nSPS) is 14.5. The van der Waals surface area contributed by atoms with Crippen molar-refractivity contribution in [1.29, 1.82) is 0 Å². The van der Waals surface area contributed by atoms with E-state index in [0.29, 0.717) is 0 Å². The Hall–Kier alpha value is -5.02. The third-order valence-corrected chi connectivity index (χ3v) is 10.1. The SMILES string of the molecule is Cc1ccc2c(c1)c1cc(C)ccc1n2-c1ccc2c(c1)B(c1ccccc1)c1cccc3c1N2c1ccccc1C3(C)C. The van der Waals surface area contributed by atoms with E-state index in [0.717, 1.165) is 0 Å². The van der Waals surface area contributed by atoms with Gasteiger partial charge in [-0.05, 0) is 84.4 Å². The van der Waals surface area contributed by atoms with E-state index in [-0.39, 0.29) is 12.1 Å². The van der Waals surface area contributed by atoms with E-state index in [1.165, 1.54) is 83.2 Å². The molecule has 6 aromatic carbocycles. The molecule has 1 aromatic heterocycles. The van der Waals surface area contributed by atoms with Crippen LogP contribution in [0.1, 0.15) is 36.1 Å². The van der Waals surface area contributed by atoms with E-state index in [2.05, 4.69) is 165 Å². The van der Waals surface area contributed by atoms with Gasteiger partial charge in [-0.3, -0.25) is 0 Å². The van der Waals surface area contributed by atoms with Crippen LogP contribution in [-0.4, -0.2) is 11.3 Å². The molecule has 2 aliphatic heterocycles. The van der Waals surface area contributed by atoms with Gasteiger partial charge in [0.2, 0.25) is 6.71 Å². The van der Waals surface area contributed by atoms with Crippen molar-refractivity contribution >= 4 is 62.0 Å². The van der Waals surface area contributed by atoms with Gasteiger partial charge in [0, 0.05) is 33.2 Å². The summed E-state index contributed by atoms with van der Waals surface area (Å²) in [6.45, 7) is 9.24. The van der Waals surface area contributed by atoms with Gasteiger partial charge in [-0.2, -0.15) is 0 Å². The maximum atomic E-state index is 2.54. The molecule has 3 heterocycles. The number of benzene rings is 6. The quantitative estimate of drug-likeness (QED) is 0.192. The fourth-order valence-electron chi connectivity index (χ4n) is 8.08. The fraction of sp³-hybridized carbons (Fsp3) is 0.122. The van der Waals surface area contributed by atoms with Gasteiger partial charge in [0.15, 0.2) is 0 Å². The van der Waals surface area contributed by atoms with Crippen LogP contribution in [0.2, 0.25) is 0 Å². The van der Waals surface area contributed by atoms with Crippen LogP contribution in [0, 0.1) is 13.8 Å². The van der Waals surface area contributed by atoms with Crippen LogP contribution in [0.15, 0.2) is 127 Å². The highest BCUT2D eigenvalue weighted by Gasteiger charge is 2.44. The molecule has 7 aromatic rings. The molecular weight excluding hydrogens is 531 g/mol. The zero-order valence-corrected chi connectivity index (χ0v) is 25.6. The highest BCUT2D eigenvalue weighted by Crippen LogP contribution is 2.52. The molecule has 0 aliphatic carbocycles. The van der Waals surface area contributed by atoms with Crippen LogP contribution in [0.25, 0.3) is 27.5 Å². The lowest BCUT2D eigenvalue weighted by molar-refractivity contribution is 0.632. The van der Waals surface area contributed by atoms with E-state index in [9.17, 15) is 0 Å². The number of aromatic nitrogens is 1. The fourth-order valence-corrected chi connectivity index (χ4v) is 8.08. The summed E-state index contributed by atoms with van der Waals surface area (Å²) in [7, 11) is 0. The lowest BCUT2D eigenvalue weighted by atomic mass is 9.34. The maximum Gasteiger partial charge on any atom is 0.246 e. The third kappa shape index (κ3) is 3.38. The second-order valence-electron chi connectivity index (χ2n) is 13.2. The van der Waals surface area contributed by atoms with Crippen LogP contribution in [0.3, 0.4) is 0 Å². The molecule has 0 unspecified atom stereocenters. The second-order valence-corrected chi connectivity index (χ2v) is 13.2. The van der Waals surface area contributed by atoms with Crippen molar-refractivity contribution in [3.8, 4) is 5.69 Å². The largest absolute Gasteiger partial charge is 0.311 e. The molecule has 0 amide bonds. The lowest BCUT2D eigenvalue weighted by Gasteiger charge is -2.47. The predicted octanol–water partition coefficient (Wildman–Crippen LogP) is 8.34. The first kappa shape index (κ1) is 25.5. The Bertz CT molecular complexity index is 2230. The predicted molar refractivity (Wildman–Crippen MR) is 188 cm³/mol. The first-order chi connectivity index (χ1) is 21.4. The van der Waals surface area contributed by atoms with Crippen LogP contribution in [0.5, 0.6) is 0 Å². The summed E-state index contributed by atoms with van der Waals surface area (Å²) >= 11 is 0. The molecule has 0 saturated carbocycles. The number of hydrogen-bond donors (Lipinski definition) is 0. The first-order valence-electron chi connectivity index (χ1n) is 15.7. The summed E-state index contributed by atoms with van der Waals surface area (Å²) in [5, 5.41) is 2.62. The van der Waals surface area contributed by atoms with Crippen LogP contribution < -0.4 is 21.3 Å². The molecule has 9 rings (SSSR count). The molecule has 0 radical (unpaired) electrons. The van der Waals surface area contributed by atoms with Crippen molar-refractivity contribution in [3.05, 3.63) is 150 Å². The van der Waals surface area contributed by atoms with Crippen LogP contribution >= 0.6 is 0 Å². The Morgan fingerprint density at radius 3 is 1.93 bits per heavy atom. The molecule has 210 valence electrons. The maximum absolute atomic E-state index is 2.54. The zero-order valence-electron chi connectivity index (χ0n) is 25.6. The van der Waals surface area contributed by atoms with E-state index in [1.54, 1.807) is 0 Å². The number of nitrogens with zero attached hydrogens (tertiary/aromatic N) is 2. The molecule has 0 saturated heterocycles. The molecule has 0 fully saturated rings. The number of hydrogen-bond acceptors (Lipinski definition) is 1. The average Bonchev–Trinajstić information content (AvgIpc) is 3.35. The van der Waals surface area contributed by atoms with Crippen molar-refractivity contribution in [2.75, 3.05) is 4.90 Å². The number of para-hydroxylation sites is 2. The Morgan fingerprint density at radius 1 is 0.545 bits per heavy atom. The van der Waals surface area contributed by atoms with E-state index in [4.69, 9.17) is 0 Å². The Kier molecular flexibility index (Phi) is 5.21. The molecular formula is C41H33BN2. The minimum atomic E-state index is -0.101. The minimum Gasteiger partial charge on any atom is -0.311 e. The topological polar surface area (TPSA) is 8.17 Å². The van der Waals surface area contributed by atoms with Gasteiger partial charge in [-0.25, -0.2) is 0 Å². The third-order valence-electron chi connectivity index (χ3n) is 10.1. The second kappa shape index (κ2) is 9.00. The standard InChI is InChI=1S/C41H33BN2/c1-26-17-20-36-30(23-26)31-24-27(2)18-21-37(31)43(36)29-19-22-39-35(25-29)42(28-11-6-5-7-12-28)34-15-10-14-33-40(34)44(39)38-16-9-8-13-32(38)41(33,3)4/h5-25H,1-4H3. The van der Waals surface area contributed by atoms with Crippen molar-refractivity contribution in [3.63, 3.8) is 0 Å². The van der Waals surface area contributed by atoms with Crippen LogP contribution in [-0.2, 0) is 5.41 Å². The van der Waals surface area contributed by atoms with E-state index >= 15 is 0 Å². The molecule has 0 N–H and O–H groups in total. The number of anilines is 3. The van der Waals surface area contributed by atoms with Crippen LogP contribution in [0.4, 0.5) is 17.1 Å². The van der Waals surface area contributed by atoms with Gasteiger partial charge in [-0.15, -0.1) is 0 Å². The van der Waals surface area contributed by atoms with E-state index in [1.807, 2.05) is 0 Å². The van der Waals surface area contributed by atoms with Crippen molar-refractivity contribution < 1.29 is 0 Å². The smallest absolute Gasteiger partial charge is 0.246 e. The molecule has 2 nitrogen and oxygen atoms in total. The van der Waals surface area contributed by atoms with Gasteiger partial charge in [-0.1, -0.05) is 109 Å². The minimum absolute atomic E-state index is 0.101. The Labute approximate surface area is 259 Å². The average molecular weight is 565 g/mol. The number of aryl methyl sites for hydroxylation is 2. The molecule has 2 aliphatic rings. The van der Waals surface area contributed by atoms with Gasteiger partial charge in [0.1, 0.15) is 0 Å². The summed E-state index contributed by atoms with van der Waals surface area (Å²) in [6.07, 6.45) is 0. The lowest BCUT2D eigenvalue weighted by Crippen LogP contribution is -2.58. The highest BCUT2D eigenvalue weighted by atomic mass is 15.2. The Morgan fingerprint density at radius 2 is 1.20 bits per heavy atom. The molecule has 3 heteroatoms. The molecule has 0 bridgehead atoms. The summed E-state index contributed by atoms with van der Waals surface area (Å²) in [5.74, 6) is 0. The van der Waals surface area contributed by atoms with E-state index < -0.39 is 0 Å². The van der Waals surface area contributed by atoms with Gasteiger partial charge in [0.05, 0.1) is 16.7 Å². The van der Waals surface area contributed by atoms with Gasteiger partial charge in [0.25, 0.3) is 0 Å². The summed E-state index contributed by atoms with van der Waals surface area (Å²) in [6, 6.07) is 47.9. The van der Waals surface area contributed by atoms with Crippen molar-refractivity contribution in [2.45, 2.75) is 33.1 Å². The monoisotopic (exact) mass is 564 g/mol. The first-order valence-corrected chi connectivity index (χ1v) is 15.7.